The van der Waals surface area contributed by atoms with Crippen LogP contribution in [0.1, 0.15) is 41.9 Å². The molecular weight excluding hydrogens is 348 g/mol. The van der Waals surface area contributed by atoms with Gasteiger partial charge in [-0.05, 0) is 31.6 Å². The molecule has 1 fully saturated rings. The Labute approximate surface area is 97.8 Å². The van der Waals surface area contributed by atoms with Crippen LogP contribution in [0.4, 0.5) is 0 Å². The van der Waals surface area contributed by atoms with E-state index in [4.69, 9.17) is 0 Å². The maximum absolute atomic E-state index is 3.39. The van der Waals surface area contributed by atoms with E-state index in [-0.39, 0.29) is 20.1 Å². The Morgan fingerprint density at radius 2 is 2.14 bits per heavy atom. The van der Waals surface area contributed by atoms with Crippen molar-refractivity contribution in [3.8, 4) is 0 Å². The molecule has 14 heavy (non-hydrogen) atoms. The van der Waals surface area contributed by atoms with E-state index in [9.17, 15) is 0 Å². The van der Waals surface area contributed by atoms with E-state index in [1.807, 2.05) is 0 Å². The van der Waals surface area contributed by atoms with Crippen molar-refractivity contribution in [3.05, 3.63) is 40.5 Å². The van der Waals surface area contributed by atoms with Crippen LogP contribution in [0.2, 0.25) is 0 Å². The molecule has 4 rings (SSSR count). The van der Waals surface area contributed by atoms with E-state index < -0.39 is 0 Å². The van der Waals surface area contributed by atoms with Gasteiger partial charge in [0.1, 0.15) is 0 Å². The van der Waals surface area contributed by atoms with Gasteiger partial charge in [0.15, 0.2) is 0 Å². The van der Waals surface area contributed by atoms with Crippen molar-refractivity contribution in [3.63, 3.8) is 0 Å². The quantitative estimate of drug-likeness (QED) is 0.625. The zero-order chi connectivity index (χ0) is 8.41. The Bertz CT molecular complexity index is 443. The van der Waals surface area contributed by atoms with Crippen molar-refractivity contribution >= 4 is 5.57 Å². The maximum atomic E-state index is 3.39. The van der Waals surface area contributed by atoms with Gasteiger partial charge in [-0.25, -0.2) is 0 Å². The molecule has 3 aliphatic carbocycles. The third-order valence-corrected chi connectivity index (χ3v) is 3.92. The standard InChI is InChI=1S/C13H11.Ir/c1-2-8-4-5-12-10-7-6-9(10)11(3-1)13(8)12;/h1,3,9H,4-7H2;/q-1;. The summed E-state index contributed by atoms with van der Waals surface area (Å²) in [6.45, 7) is 0. The predicted molar refractivity (Wildman–Crippen MR) is 52.5 cm³/mol. The molecule has 1 saturated carbocycles. The van der Waals surface area contributed by atoms with Gasteiger partial charge in [-0.3, -0.25) is 0 Å². The molecule has 0 heterocycles. The number of hydrogen-bond donors (Lipinski definition) is 0. The average molecular weight is 359 g/mol. The predicted octanol–water partition coefficient (Wildman–Crippen LogP) is 3.08. The molecule has 0 aromatic heterocycles. The van der Waals surface area contributed by atoms with E-state index in [1.165, 1.54) is 31.2 Å². The number of hydrogen-bond acceptors (Lipinski definition) is 0. The molecule has 1 atom stereocenters. The third kappa shape index (κ3) is 0.833. The summed E-state index contributed by atoms with van der Waals surface area (Å²) < 4.78 is 0. The summed E-state index contributed by atoms with van der Waals surface area (Å²) in [6.07, 6.45) is 5.31. The summed E-state index contributed by atoms with van der Waals surface area (Å²) >= 11 is 0. The second-order valence-corrected chi connectivity index (χ2v) is 4.38. The van der Waals surface area contributed by atoms with Crippen LogP contribution in [0, 0.1) is 6.07 Å². The summed E-state index contributed by atoms with van der Waals surface area (Å²) in [7, 11) is 0. The van der Waals surface area contributed by atoms with Crippen molar-refractivity contribution in [1.29, 1.82) is 0 Å². The molecule has 1 radical (unpaired) electrons. The first-order valence-corrected chi connectivity index (χ1v) is 5.21. The van der Waals surface area contributed by atoms with Crippen molar-refractivity contribution in [1.82, 2.24) is 0 Å². The summed E-state index contributed by atoms with van der Waals surface area (Å²) in [5, 5.41) is 0. The summed E-state index contributed by atoms with van der Waals surface area (Å²) in [5.74, 6) is 0.832. The first-order valence-electron chi connectivity index (χ1n) is 5.21. The SMILES string of the molecule is [Ir].[c-]1ccc2c3c1CCC3=C1CCC12. The van der Waals surface area contributed by atoms with Crippen molar-refractivity contribution < 1.29 is 20.1 Å². The van der Waals surface area contributed by atoms with E-state index in [0.29, 0.717) is 0 Å². The Hall–Kier alpha value is -0.391. The van der Waals surface area contributed by atoms with Gasteiger partial charge in [-0.1, -0.05) is 11.1 Å². The van der Waals surface area contributed by atoms with Crippen LogP contribution >= 0.6 is 0 Å². The van der Waals surface area contributed by atoms with Crippen LogP contribution < -0.4 is 0 Å². The summed E-state index contributed by atoms with van der Waals surface area (Å²) in [6, 6.07) is 7.81. The molecule has 0 spiro atoms. The Morgan fingerprint density at radius 1 is 1.21 bits per heavy atom. The summed E-state index contributed by atoms with van der Waals surface area (Å²) in [5.41, 5.74) is 8.21. The van der Waals surface area contributed by atoms with E-state index in [2.05, 4.69) is 18.2 Å². The first kappa shape index (κ1) is 8.88. The van der Waals surface area contributed by atoms with E-state index in [1.54, 1.807) is 22.3 Å². The normalized spacial score (nSPS) is 25.3. The van der Waals surface area contributed by atoms with Crippen LogP contribution in [0.15, 0.2) is 17.7 Å². The zero-order valence-corrected chi connectivity index (χ0v) is 10.3. The molecule has 73 valence electrons. The monoisotopic (exact) mass is 360 g/mol. The molecule has 1 unspecified atom stereocenters. The van der Waals surface area contributed by atoms with Gasteiger partial charge in [-0.2, -0.15) is 23.8 Å². The number of benzene rings is 1. The number of fused-ring (bicyclic) bond motifs is 2. The van der Waals surface area contributed by atoms with E-state index >= 15 is 0 Å². The van der Waals surface area contributed by atoms with Crippen molar-refractivity contribution in [2.45, 2.75) is 31.6 Å². The second-order valence-electron chi connectivity index (χ2n) is 4.38. The van der Waals surface area contributed by atoms with E-state index in [0.717, 1.165) is 5.92 Å². The maximum Gasteiger partial charge on any atom is 0 e. The largest absolute Gasteiger partial charge is 0.180 e. The molecule has 0 aliphatic heterocycles. The molecular formula is C13H11Ir-. The molecule has 3 aliphatic rings. The fourth-order valence-electron chi connectivity index (χ4n) is 3.24. The van der Waals surface area contributed by atoms with Gasteiger partial charge in [0, 0.05) is 20.1 Å². The number of aryl methyl sites for hydroxylation is 1. The molecule has 1 aromatic carbocycles. The van der Waals surface area contributed by atoms with Crippen molar-refractivity contribution in [2.75, 3.05) is 0 Å². The minimum Gasteiger partial charge on any atom is -0.180 e. The third-order valence-electron chi connectivity index (χ3n) is 3.92. The minimum absolute atomic E-state index is 0. The Kier molecular flexibility index (Phi) is 1.78. The van der Waals surface area contributed by atoms with Crippen LogP contribution in [-0.4, -0.2) is 0 Å². The number of allylic oxidation sites excluding steroid dienone is 2. The average Bonchev–Trinajstić information content (AvgIpc) is 2.56. The van der Waals surface area contributed by atoms with Gasteiger partial charge < -0.3 is 0 Å². The fraction of sp³-hybridized carbons (Fsp3) is 0.385. The number of rotatable bonds is 0. The molecule has 0 saturated heterocycles. The molecule has 0 N–H and O–H groups in total. The zero-order valence-electron chi connectivity index (χ0n) is 7.89. The molecule has 1 heteroatoms. The summed E-state index contributed by atoms with van der Waals surface area (Å²) in [4.78, 5) is 0. The topological polar surface area (TPSA) is 0 Å². The molecule has 0 bridgehead atoms. The molecule has 0 nitrogen and oxygen atoms in total. The smallest absolute Gasteiger partial charge is 0 e. The van der Waals surface area contributed by atoms with Crippen LogP contribution in [-0.2, 0) is 26.5 Å². The molecule has 0 amide bonds. The van der Waals surface area contributed by atoms with Crippen LogP contribution in [0.5, 0.6) is 0 Å². The van der Waals surface area contributed by atoms with Gasteiger partial charge in [0.2, 0.25) is 0 Å². The molecule has 1 aromatic rings. The van der Waals surface area contributed by atoms with Gasteiger partial charge in [0.05, 0.1) is 0 Å². The Morgan fingerprint density at radius 3 is 2.93 bits per heavy atom. The van der Waals surface area contributed by atoms with Crippen LogP contribution in [0.3, 0.4) is 0 Å². The van der Waals surface area contributed by atoms with Crippen LogP contribution in [0.25, 0.3) is 5.57 Å². The second kappa shape index (κ2) is 2.81. The first-order chi connectivity index (χ1) is 6.45. The van der Waals surface area contributed by atoms with Crippen molar-refractivity contribution in [2.24, 2.45) is 0 Å². The minimum atomic E-state index is 0. The van der Waals surface area contributed by atoms with Gasteiger partial charge >= 0.3 is 0 Å². The van der Waals surface area contributed by atoms with Gasteiger partial charge in [-0.15, -0.1) is 11.1 Å². The van der Waals surface area contributed by atoms with Gasteiger partial charge in [0.25, 0.3) is 0 Å². The Balaban J connectivity index is 0.000000640. The fourth-order valence-corrected chi connectivity index (χ4v) is 3.24.